The van der Waals surface area contributed by atoms with Crippen molar-refractivity contribution in [3.05, 3.63) is 29.3 Å². The standard InChI is InChI=1S/C14H18O4/c1-17-9-10-8-12(6-7-13(10)14(15)16)18-11-4-2-3-5-11/h6-8,11H,2-5,9H2,1H3,(H,15,16). The molecule has 1 aromatic rings. The Morgan fingerprint density at radius 1 is 1.39 bits per heavy atom. The van der Waals surface area contributed by atoms with Crippen molar-refractivity contribution in [1.82, 2.24) is 0 Å². The van der Waals surface area contributed by atoms with Gasteiger partial charge >= 0.3 is 5.97 Å². The van der Waals surface area contributed by atoms with Crippen LogP contribution in [0.15, 0.2) is 18.2 Å². The third-order valence-corrected chi connectivity index (χ3v) is 3.21. The molecule has 0 aromatic heterocycles. The summed E-state index contributed by atoms with van der Waals surface area (Å²) in [5.74, 6) is -0.201. The molecule has 2 rings (SSSR count). The van der Waals surface area contributed by atoms with Crippen LogP contribution in [0.4, 0.5) is 0 Å². The molecule has 0 atom stereocenters. The van der Waals surface area contributed by atoms with Gasteiger partial charge in [-0.25, -0.2) is 4.79 Å². The molecule has 0 unspecified atom stereocenters. The SMILES string of the molecule is COCc1cc(OC2CCCC2)ccc1C(=O)O. The molecular formula is C14H18O4. The zero-order valence-corrected chi connectivity index (χ0v) is 10.5. The Labute approximate surface area is 107 Å². The summed E-state index contributed by atoms with van der Waals surface area (Å²) in [4.78, 5) is 11.1. The highest BCUT2D eigenvalue weighted by Crippen LogP contribution is 2.26. The molecule has 0 aliphatic heterocycles. The van der Waals surface area contributed by atoms with E-state index in [0.717, 1.165) is 18.6 Å². The molecular weight excluding hydrogens is 232 g/mol. The molecule has 0 radical (unpaired) electrons. The summed E-state index contributed by atoms with van der Waals surface area (Å²) in [7, 11) is 1.55. The van der Waals surface area contributed by atoms with Gasteiger partial charge in [0.15, 0.2) is 0 Å². The molecule has 1 aromatic carbocycles. The molecule has 4 heteroatoms. The van der Waals surface area contributed by atoms with Gasteiger partial charge in [-0.3, -0.25) is 0 Å². The third-order valence-electron chi connectivity index (χ3n) is 3.21. The summed E-state index contributed by atoms with van der Waals surface area (Å²) in [6.07, 6.45) is 4.86. The molecule has 1 saturated carbocycles. The number of methoxy groups -OCH3 is 1. The Balaban J connectivity index is 2.16. The van der Waals surface area contributed by atoms with E-state index in [9.17, 15) is 4.79 Å². The molecule has 1 aliphatic carbocycles. The first-order chi connectivity index (χ1) is 8.70. The fourth-order valence-electron chi connectivity index (χ4n) is 2.33. The van der Waals surface area contributed by atoms with Crippen LogP contribution in [0.3, 0.4) is 0 Å². The van der Waals surface area contributed by atoms with Crippen molar-refractivity contribution in [2.24, 2.45) is 0 Å². The van der Waals surface area contributed by atoms with E-state index in [1.165, 1.54) is 12.8 Å². The van der Waals surface area contributed by atoms with Gasteiger partial charge in [0.25, 0.3) is 0 Å². The van der Waals surface area contributed by atoms with Gasteiger partial charge in [0.2, 0.25) is 0 Å². The number of benzene rings is 1. The van der Waals surface area contributed by atoms with E-state index < -0.39 is 5.97 Å². The van der Waals surface area contributed by atoms with Crippen LogP contribution in [0.1, 0.15) is 41.6 Å². The Morgan fingerprint density at radius 2 is 2.11 bits per heavy atom. The molecule has 1 N–H and O–H groups in total. The van der Waals surface area contributed by atoms with Crippen LogP contribution >= 0.6 is 0 Å². The van der Waals surface area contributed by atoms with Gasteiger partial charge in [-0.05, 0) is 49.4 Å². The number of aromatic carboxylic acids is 1. The van der Waals surface area contributed by atoms with Crippen molar-refractivity contribution in [3.8, 4) is 5.75 Å². The Bertz CT molecular complexity index is 422. The lowest BCUT2D eigenvalue weighted by Gasteiger charge is -2.14. The highest BCUT2D eigenvalue weighted by Gasteiger charge is 2.18. The summed E-state index contributed by atoms with van der Waals surface area (Å²) in [5, 5.41) is 9.07. The van der Waals surface area contributed by atoms with Crippen LogP contribution in [-0.2, 0) is 11.3 Å². The number of carboxylic acid groups (broad SMARTS) is 1. The summed E-state index contributed by atoms with van der Waals surface area (Å²) in [6, 6.07) is 5.08. The first-order valence-electron chi connectivity index (χ1n) is 6.22. The molecule has 0 bridgehead atoms. The minimum atomic E-state index is -0.936. The van der Waals surface area contributed by atoms with Gasteiger partial charge in [0.05, 0.1) is 18.3 Å². The van der Waals surface area contributed by atoms with E-state index in [2.05, 4.69) is 0 Å². The van der Waals surface area contributed by atoms with Gasteiger partial charge < -0.3 is 14.6 Å². The molecule has 1 fully saturated rings. The molecule has 0 spiro atoms. The third kappa shape index (κ3) is 3.01. The number of hydrogen-bond acceptors (Lipinski definition) is 3. The quantitative estimate of drug-likeness (QED) is 0.873. The molecule has 18 heavy (non-hydrogen) atoms. The summed E-state index contributed by atoms with van der Waals surface area (Å²) >= 11 is 0. The predicted molar refractivity (Wildman–Crippen MR) is 67.0 cm³/mol. The fourth-order valence-corrected chi connectivity index (χ4v) is 2.33. The number of carboxylic acids is 1. The fraction of sp³-hybridized carbons (Fsp3) is 0.500. The first-order valence-corrected chi connectivity index (χ1v) is 6.22. The molecule has 0 saturated heterocycles. The summed E-state index contributed by atoms with van der Waals surface area (Å²) in [6.45, 7) is 0.281. The topological polar surface area (TPSA) is 55.8 Å². The van der Waals surface area contributed by atoms with Crippen LogP contribution in [0.25, 0.3) is 0 Å². The number of ether oxygens (including phenoxy) is 2. The molecule has 0 heterocycles. The highest BCUT2D eigenvalue weighted by atomic mass is 16.5. The van der Waals surface area contributed by atoms with Crippen molar-refractivity contribution >= 4 is 5.97 Å². The molecule has 4 nitrogen and oxygen atoms in total. The van der Waals surface area contributed by atoms with Crippen LogP contribution in [0.2, 0.25) is 0 Å². The van der Waals surface area contributed by atoms with E-state index in [1.807, 2.05) is 0 Å². The largest absolute Gasteiger partial charge is 0.490 e. The maximum Gasteiger partial charge on any atom is 0.336 e. The number of rotatable bonds is 5. The van der Waals surface area contributed by atoms with Crippen molar-refractivity contribution in [2.75, 3.05) is 7.11 Å². The van der Waals surface area contributed by atoms with Gasteiger partial charge in [-0.1, -0.05) is 0 Å². The van der Waals surface area contributed by atoms with Crippen LogP contribution in [0, 0.1) is 0 Å². The van der Waals surface area contributed by atoms with E-state index in [4.69, 9.17) is 14.6 Å². The van der Waals surface area contributed by atoms with Crippen molar-refractivity contribution < 1.29 is 19.4 Å². The second kappa shape index (κ2) is 5.87. The maximum atomic E-state index is 11.1. The second-order valence-corrected chi connectivity index (χ2v) is 4.58. The van der Waals surface area contributed by atoms with Crippen LogP contribution in [-0.4, -0.2) is 24.3 Å². The van der Waals surface area contributed by atoms with Gasteiger partial charge in [0.1, 0.15) is 5.75 Å². The zero-order valence-electron chi connectivity index (χ0n) is 10.5. The van der Waals surface area contributed by atoms with E-state index >= 15 is 0 Å². The minimum Gasteiger partial charge on any atom is -0.490 e. The first kappa shape index (κ1) is 12.9. The van der Waals surface area contributed by atoms with Gasteiger partial charge in [0, 0.05) is 7.11 Å². The van der Waals surface area contributed by atoms with Crippen LogP contribution in [0.5, 0.6) is 5.75 Å². The average Bonchev–Trinajstić information content (AvgIpc) is 2.82. The smallest absolute Gasteiger partial charge is 0.336 e. The molecule has 0 amide bonds. The lowest BCUT2D eigenvalue weighted by Crippen LogP contribution is -2.12. The maximum absolute atomic E-state index is 11.1. The Kier molecular flexibility index (Phi) is 4.20. The molecule has 1 aliphatic rings. The monoisotopic (exact) mass is 250 g/mol. The number of hydrogen-bond donors (Lipinski definition) is 1. The van der Waals surface area contributed by atoms with Crippen LogP contribution < -0.4 is 4.74 Å². The normalized spacial score (nSPS) is 15.8. The van der Waals surface area contributed by atoms with E-state index in [1.54, 1.807) is 25.3 Å². The highest BCUT2D eigenvalue weighted by molar-refractivity contribution is 5.89. The summed E-state index contributed by atoms with van der Waals surface area (Å²) in [5.41, 5.74) is 0.927. The van der Waals surface area contributed by atoms with Crippen molar-refractivity contribution in [2.45, 2.75) is 38.4 Å². The average molecular weight is 250 g/mol. The summed E-state index contributed by atoms with van der Waals surface area (Å²) < 4.78 is 10.9. The predicted octanol–water partition coefficient (Wildman–Crippen LogP) is 2.85. The number of carbonyl (C=O) groups is 1. The van der Waals surface area contributed by atoms with Gasteiger partial charge in [-0.15, -0.1) is 0 Å². The lowest BCUT2D eigenvalue weighted by molar-refractivity contribution is 0.0691. The second-order valence-electron chi connectivity index (χ2n) is 4.58. The lowest BCUT2D eigenvalue weighted by atomic mass is 10.1. The molecule has 98 valence electrons. The van der Waals surface area contributed by atoms with Crippen molar-refractivity contribution in [3.63, 3.8) is 0 Å². The van der Waals surface area contributed by atoms with Gasteiger partial charge in [-0.2, -0.15) is 0 Å². The zero-order chi connectivity index (χ0) is 13.0. The Morgan fingerprint density at radius 3 is 2.72 bits per heavy atom. The van der Waals surface area contributed by atoms with E-state index in [-0.39, 0.29) is 18.3 Å². The van der Waals surface area contributed by atoms with Crippen molar-refractivity contribution in [1.29, 1.82) is 0 Å². The minimum absolute atomic E-state index is 0.274. The van der Waals surface area contributed by atoms with E-state index in [0.29, 0.717) is 5.56 Å². The Hall–Kier alpha value is -1.55.